The number of aryl methyl sites for hydroxylation is 2. The van der Waals surface area contributed by atoms with Gasteiger partial charge in [-0.25, -0.2) is 14.4 Å². The second kappa shape index (κ2) is 3.26. The Labute approximate surface area is 89.9 Å². The summed E-state index contributed by atoms with van der Waals surface area (Å²) in [5.74, 6) is 1.11. The van der Waals surface area contributed by atoms with Crippen LogP contribution < -0.4 is 0 Å². The average Bonchev–Trinajstić information content (AvgIpc) is 1.97. The summed E-state index contributed by atoms with van der Waals surface area (Å²) in [5, 5.41) is 0. The lowest BCUT2D eigenvalue weighted by Gasteiger charge is -2.32. The summed E-state index contributed by atoms with van der Waals surface area (Å²) in [6, 6.07) is 0. The standard InChI is InChI=1S/C12H17FN2/c1-7-5-10-11(12(4,13)6-7)8(2)14-9(3)15-10/h7H,5-6H2,1-4H3. The van der Waals surface area contributed by atoms with E-state index in [4.69, 9.17) is 0 Å². The normalized spacial score (nSPS) is 30.1. The molecule has 82 valence electrons. The Bertz CT molecular complexity index is 399. The van der Waals surface area contributed by atoms with Gasteiger partial charge >= 0.3 is 0 Å². The number of fused-ring (bicyclic) bond motifs is 1. The van der Waals surface area contributed by atoms with Crippen LogP contribution in [0.1, 0.15) is 43.0 Å². The molecule has 2 atom stereocenters. The Morgan fingerprint density at radius 1 is 1.33 bits per heavy atom. The molecule has 1 aromatic heterocycles. The number of hydrogen-bond acceptors (Lipinski definition) is 2. The molecule has 1 aromatic rings. The van der Waals surface area contributed by atoms with Crippen molar-refractivity contribution in [3.05, 3.63) is 22.8 Å². The minimum absolute atomic E-state index is 0.362. The van der Waals surface area contributed by atoms with Crippen LogP contribution in [-0.4, -0.2) is 9.97 Å². The fraction of sp³-hybridized carbons (Fsp3) is 0.667. The van der Waals surface area contributed by atoms with Crippen molar-refractivity contribution in [2.24, 2.45) is 5.92 Å². The fourth-order valence-corrected chi connectivity index (χ4v) is 2.77. The highest BCUT2D eigenvalue weighted by Gasteiger charge is 2.37. The van der Waals surface area contributed by atoms with Crippen molar-refractivity contribution in [1.82, 2.24) is 9.97 Å². The largest absolute Gasteiger partial charge is 0.239 e. The van der Waals surface area contributed by atoms with E-state index in [9.17, 15) is 4.39 Å². The van der Waals surface area contributed by atoms with E-state index in [0.717, 1.165) is 29.2 Å². The fourth-order valence-electron chi connectivity index (χ4n) is 2.77. The van der Waals surface area contributed by atoms with E-state index in [0.29, 0.717) is 12.3 Å². The SMILES string of the molecule is Cc1nc(C)c2c(n1)CC(C)CC2(C)F. The number of rotatable bonds is 0. The van der Waals surface area contributed by atoms with Gasteiger partial charge in [0.25, 0.3) is 0 Å². The zero-order valence-electron chi connectivity index (χ0n) is 9.76. The van der Waals surface area contributed by atoms with E-state index in [1.165, 1.54) is 0 Å². The topological polar surface area (TPSA) is 25.8 Å². The lowest BCUT2D eigenvalue weighted by Crippen LogP contribution is -2.30. The first-order valence-corrected chi connectivity index (χ1v) is 5.43. The molecule has 2 rings (SSSR count). The van der Waals surface area contributed by atoms with Crippen LogP contribution in [0.4, 0.5) is 4.39 Å². The average molecular weight is 208 g/mol. The molecule has 1 aliphatic carbocycles. The lowest BCUT2D eigenvalue weighted by molar-refractivity contribution is 0.132. The van der Waals surface area contributed by atoms with Gasteiger partial charge in [-0.1, -0.05) is 6.92 Å². The highest BCUT2D eigenvalue weighted by atomic mass is 19.1. The minimum atomic E-state index is -1.26. The van der Waals surface area contributed by atoms with Crippen molar-refractivity contribution < 1.29 is 4.39 Å². The second-order valence-electron chi connectivity index (χ2n) is 4.89. The highest BCUT2D eigenvalue weighted by molar-refractivity contribution is 5.33. The van der Waals surface area contributed by atoms with Crippen LogP contribution in [-0.2, 0) is 12.1 Å². The molecule has 0 fully saturated rings. The Balaban J connectivity index is 2.62. The van der Waals surface area contributed by atoms with E-state index in [1.807, 2.05) is 13.8 Å². The first-order valence-electron chi connectivity index (χ1n) is 5.43. The molecule has 0 amide bonds. The Kier molecular flexibility index (Phi) is 2.28. The van der Waals surface area contributed by atoms with Crippen molar-refractivity contribution >= 4 is 0 Å². The molecule has 0 N–H and O–H groups in total. The van der Waals surface area contributed by atoms with Crippen LogP contribution in [0, 0.1) is 19.8 Å². The van der Waals surface area contributed by atoms with Gasteiger partial charge in [0.15, 0.2) is 0 Å². The molecule has 2 unspecified atom stereocenters. The van der Waals surface area contributed by atoms with Gasteiger partial charge in [-0.2, -0.15) is 0 Å². The Morgan fingerprint density at radius 3 is 2.67 bits per heavy atom. The number of halogens is 1. The first-order chi connectivity index (χ1) is 6.90. The maximum absolute atomic E-state index is 14.4. The third-order valence-corrected chi connectivity index (χ3v) is 3.07. The zero-order valence-corrected chi connectivity index (χ0v) is 9.76. The molecule has 1 heterocycles. The van der Waals surface area contributed by atoms with Crippen molar-refractivity contribution in [3.63, 3.8) is 0 Å². The molecular formula is C12H17FN2. The van der Waals surface area contributed by atoms with Crippen LogP contribution in [0.5, 0.6) is 0 Å². The number of nitrogens with zero attached hydrogens (tertiary/aromatic N) is 2. The quantitative estimate of drug-likeness (QED) is 0.655. The third kappa shape index (κ3) is 1.75. The molecule has 0 bridgehead atoms. The minimum Gasteiger partial charge on any atom is -0.239 e. The lowest BCUT2D eigenvalue weighted by atomic mass is 9.78. The molecule has 3 heteroatoms. The van der Waals surface area contributed by atoms with Gasteiger partial charge in [0, 0.05) is 11.3 Å². The van der Waals surface area contributed by atoms with Crippen LogP contribution in [0.3, 0.4) is 0 Å². The van der Waals surface area contributed by atoms with Crippen LogP contribution in [0.15, 0.2) is 0 Å². The summed E-state index contributed by atoms with van der Waals surface area (Å²) < 4.78 is 14.4. The van der Waals surface area contributed by atoms with Gasteiger partial charge in [-0.3, -0.25) is 0 Å². The van der Waals surface area contributed by atoms with Gasteiger partial charge in [0.05, 0.1) is 5.69 Å². The summed E-state index contributed by atoms with van der Waals surface area (Å²) in [6.45, 7) is 7.46. The molecule has 15 heavy (non-hydrogen) atoms. The van der Waals surface area contributed by atoms with Gasteiger partial charge < -0.3 is 0 Å². The summed E-state index contributed by atoms with van der Waals surface area (Å²) in [5.41, 5.74) is 1.18. The molecule has 0 saturated heterocycles. The van der Waals surface area contributed by atoms with Crippen LogP contribution in [0.25, 0.3) is 0 Å². The molecule has 2 nitrogen and oxygen atoms in total. The van der Waals surface area contributed by atoms with Crippen LogP contribution in [0.2, 0.25) is 0 Å². The van der Waals surface area contributed by atoms with Crippen LogP contribution >= 0.6 is 0 Å². The van der Waals surface area contributed by atoms with Crippen molar-refractivity contribution in [2.45, 2.75) is 46.2 Å². The summed E-state index contributed by atoms with van der Waals surface area (Å²) >= 11 is 0. The smallest absolute Gasteiger partial charge is 0.137 e. The van der Waals surface area contributed by atoms with Gasteiger partial charge in [0.1, 0.15) is 11.5 Å². The highest BCUT2D eigenvalue weighted by Crippen LogP contribution is 2.41. The molecule has 0 saturated carbocycles. The van der Waals surface area contributed by atoms with Crippen molar-refractivity contribution in [1.29, 1.82) is 0 Å². The zero-order chi connectivity index (χ0) is 11.2. The molecule has 1 aliphatic rings. The van der Waals surface area contributed by atoms with E-state index in [1.54, 1.807) is 6.92 Å². The third-order valence-electron chi connectivity index (χ3n) is 3.07. The predicted octanol–water partition coefficient (Wildman–Crippen LogP) is 2.86. The number of hydrogen-bond donors (Lipinski definition) is 0. The maximum Gasteiger partial charge on any atom is 0.137 e. The Morgan fingerprint density at radius 2 is 2.00 bits per heavy atom. The van der Waals surface area contributed by atoms with Crippen molar-refractivity contribution in [3.8, 4) is 0 Å². The predicted molar refractivity (Wildman–Crippen MR) is 57.5 cm³/mol. The van der Waals surface area contributed by atoms with E-state index in [2.05, 4.69) is 16.9 Å². The Hall–Kier alpha value is -0.990. The number of alkyl halides is 1. The maximum atomic E-state index is 14.4. The van der Waals surface area contributed by atoms with Gasteiger partial charge in [0.2, 0.25) is 0 Å². The van der Waals surface area contributed by atoms with E-state index < -0.39 is 5.67 Å². The van der Waals surface area contributed by atoms with Crippen molar-refractivity contribution in [2.75, 3.05) is 0 Å². The van der Waals surface area contributed by atoms with Gasteiger partial charge in [-0.05, 0) is 39.5 Å². The second-order valence-corrected chi connectivity index (χ2v) is 4.89. The van der Waals surface area contributed by atoms with Gasteiger partial charge in [-0.15, -0.1) is 0 Å². The monoisotopic (exact) mass is 208 g/mol. The summed E-state index contributed by atoms with van der Waals surface area (Å²) in [4.78, 5) is 8.63. The number of aromatic nitrogens is 2. The molecule has 0 aliphatic heterocycles. The molecular weight excluding hydrogens is 191 g/mol. The van der Waals surface area contributed by atoms with E-state index in [-0.39, 0.29) is 0 Å². The summed E-state index contributed by atoms with van der Waals surface area (Å²) in [7, 11) is 0. The molecule has 0 radical (unpaired) electrons. The molecule has 0 aromatic carbocycles. The molecule has 0 spiro atoms. The van der Waals surface area contributed by atoms with E-state index >= 15 is 0 Å². The summed E-state index contributed by atoms with van der Waals surface area (Å²) in [6.07, 6.45) is 1.45. The first kappa shape index (κ1) is 10.5.